The Morgan fingerprint density at radius 3 is 2.54 bits per heavy atom. The maximum absolute atomic E-state index is 13.4. The normalized spacial score (nSPS) is 14.9. The molecule has 0 saturated carbocycles. The molecule has 1 aliphatic rings. The number of carbonyl (C=O) groups is 1. The van der Waals surface area contributed by atoms with E-state index < -0.39 is 0 Å². The minimum absolute atomic E-state index is 0.125. The summed E-state index contributed by atoms with van der Waals surface area (Å²) in [4.78, 5) is 28.1. The molecule has 1 unspecified atom stereocenters. The summed E-state index contributed by atoms with van der Waals surface area (Å²) in [6.45, 7) is 3.28. The largest absolute Gasteiger partial charge is 0.362 e. The lowest BCUT2D eigenvalue weighted by Crippen LogP contribution is -2.43. The zero-order valence-corrected chi connectivity index (χ0v) is 16.2. The number of carbonyl (C=O) groups excluding carboxylic acids is 1. The van der Waals surface area contributed by atoms with Crippen LogP contribution in [0.5, 0.6) is 0 Å². The predicted octanol–water partition coefficient (Wildman–Crippen LogP) is 2.04. The van der Waals surface area contributed by atoms with Gasteiger partial charge in [0.05, 0.1) is 12.2 Å². The van der Waals surface area contributed by atoms with E-state index in [1.165, 1.54) is 0 Å². The zero-order valence-electron chi connectivity index (χ0n) is 16.2. The highest BCUT2D eigenvalue weighted by Gasteiger charge is 2.32. The number of aromatic nitrogens is 2. The van der Waals surface area contributed by atoms with E-state index in [-0.39, 0.29) is 11.9 Å². The third-order valence-corrected chi connectivity index (χ3v) is 4.95. The van der Waals surface area contributed by atoms with E-state index in [1.54, 1.807) is 6.33 Å². The topological polar surface area (TPSA) is 52.6 Å². The Labute approximate surface area is 155 Å². The van der Waals surface area contributed by atoms with E-state index in [0.29, 0.717) is 13.1 Å². The quantitative estimate of drug-likeness (QED) is 0.842. The number of aryl methyl sites for hydroxylation is 1. The highest BCUT2D eigenvalue weighted by atomic mass is 16.2. The van der Waals surface area contributed by atoms with Gasteiger partial charge < -0.3 is 9.80 Å². The molecular formula is C20H27N5O. The Morgan fingerprint density at radius 1 is 1.15 bits per heavy atom. The average molecular weight is 353 g/mol. The van der Waals surface area contributed by atoms with Crippen LogP contribution in [0.4, 0.5) is 5.82 Å². The Kier molecular flexibility index (Phi) is 5.23. The molecule has 0 fully saturated rings. The summed E-state index contributed by atoms with van der Waals surface area (Å²) >= 11 is 0. The maximum atomic E-state index is 13.4. The number of likely N-dealkylation sites (N-methyl/N-ethyl adjacent to an activating group) is 1. The van der Waals surface area contributed by atoms with Crippen molar-refractivity contribution in [2.75, 3.05) is 39.6 Å². The second-order valence-corrected chi connectivity index (χ2v) is 7.25. The summed E-state index contributed by atoms with van der Waals surface area (Å²) in [5.74, 6) is 1.07. The lowest BCUT2D eigenvalue weighted by atomic mass is 9.97. The molecule has 26 heavy (non-hydrogen) atoms. The number of hydrogen-bond acceptors (Lipinski definition) is 5. The Morgan fingerprint density at radius 2 is 1.88 bits per heavy atom. The number of amides is 1. The molecule has 0 radical (unpaired) electrons. The molecule has 0 aliphatic carbocycles. The van der Waals surface area contributed by atoms with Gasteiger partial charge in [-0.3, -0.25) is 9.69 Å². The number of anilines is 1. The molecule has 1 aromatic heterocycles. The van der Waals surface area contributed by atoms with Crippen molar-refractivity contribution in [3.05, 3.63) is 53.0 Å². The lowest BCUT2D eigenvalue weighted by Gasteiger charge is -2.35. The Balaban J connectivity index is 1.89. The molecule has 1 aromatic carbocycles. The molecule has 1 aliphatic heterocycles. The van der Waals surface area contributed by atoms with Gasteiger partial charge in [0, 0.05) is 26.2 Å². The van der Waals surface area contributed by atoms with Gasteiger partial charge in [0.15, 0.2) is 0 Å². The van der Waals surface area contributed by atoms with Crippen molar-refractivity contribution in [3.63, 3.8) is 0 Å². The summed E-state index contributed by atoms with van der Waals surface area (Å²) < 4.78 is 0. The van der Waals surface area contributed by atoms with Gasteiger partial charge in [0.25, 0.3) is 0 Å². The van der Waals surface area contributed by atoms with Gasteiger partial charge in [0.1, 0.15) is 18.2 Å². The van der Waals surface area contributed by atoms with E-state index in [9.17, 15) is 4.79 Å². The summed E-state index contributed by atoms with van der Waals surface area (Å²) in [6.07, 6.45) is 2.37. The molecule has 138 valence electrons. The molecule has 2 heterocycles. The van der Waals surface area contributed by atoms with Crippen LogP contribution in [0.2, 0.25) is 0 Å². The van der Waals surface area contributed by atoms with Crippen LogP contribution < -0.4 is 4.90 Å². The first-order valence-electron chi connectivity index (χ1n) is 8.91. The van der Waals surface area contributed by atoms with Crippen LogP contribution in [0.1, 0.15) is 28.4 Å². The number of rotatable bonds is 4. The molecular weight excluding hydrogens is 326 g/mol. The van der Waals surface area contributed by atoms with E-state index in [1.807, 2.05) is 61.1 Å². The van der Waals surface area contributed by atoms with Crippen LogP contribution in [0.25, 0.3) is 0 Å². The molecule has 0 N–H and O–H groups in total. The first-order valence-corrected chi connectivity index (χ1v) is 8.91. The number of benzene rings is 1. The van der Waals surface area contributed by atoms with Gasteiger partial charge in [-0.25, -0.2) is 9.97 Å². The molecule has 1 atom stereocenters. The summed E-state index contributed by atoms with van der Waals surface area (Å²) in [5, 5.41) is 0. The van der Waals surface area contributed by atoms with E-state index in [0.717, 1.165) is 34.6 Å². The summed E-state index contributed by atoms with van der Waals surface area (Å²) in [7, 11) is 7.89. The van der Waals surface area contributed by atoms with Crippen LogP contribution >= 0.6 is 0 Å². The fourth-order valence-electron chi connectivity index (χ4n) is 3.61. The van der Waals surface area contributed by atoms with Gasteiger partial charge in [-0.15, -0.1) is 0 Å². The second-order valence-electron chi connectivity index (χ2n) is 7.25. The fourth-order valence-corrected chi connectivity index (χ4v) is 3.61. The number of fused-ring (bicyclic) bond motifs is 1. The highest BCUT2D eigenvalue weighted by Crippen LogP contribution is 2.29. The average Bonchev–Trinajstić information content (AvgIpc) is 2.62. The Bertz CT molecular complexity index is 803. The SMILES string of the molecule is Cc1ccccc1C(C(=O)N1CCc2c(ncnc2N(C)C)C1)N(C)C. The zero-order chi connectivity index (χ0) is 18.8. The lowest BCUT2D eigenvalue weighted by molar-refractivity contribution is -0.137. The Hall–Kier alpha value is -2.47. The first kappa shape index (κ1) is 18.3. The van der Waals surface area contributed by atoms with Crippen LogP contribution in [-0.2, 0) is 17.8 Å². The summed E-state index contributed by atoms with van der Waals surface area (Å²) in [6, 6.07) is 7.82. The monoisotopic (exact) mass is 353 g/mol. The standard InChI is InChI=1S/C20H27N5O/c1-14-8-6-7-9-15(14)18(23(2)3)20(26)25-11-10-16-17(12-25)21-13-22-19(16)24(4)5/h6-9,13,18H,10-12H2,1-5H3. The van der Waals surface area contributed by atoms with Crippen molar-refractivity contribution in [2.24, 2.45) is 0 Å². The first-order chi connectivity index (χ1) is 12.4. The molecule has 6 heteroatoms. The molecule has 6 nitrogen and oxygen atoms in total. The van der Waals surface area contributed by atoms with Gasteiger partial charge in [-0.2, -0.15) is 0 Å². The van der Waals surface area contributed by atoms with Crippen LogP contribution in [-0.4, -0.2) is 60.4 Å². The van der Waals surface area contributed by atoms with Crippen LogP contribution in [0.15, 0.2) is 30.6 Å². The number of nitrogens with zero attached hydrogens (tertiary/aromatic N) is 5. The third kappa shape index (κ3) is 3.42. The van der Waals surface area contributed by atoms with Crippen molar-refractivity contribution in [1.82, 2.24) is 19.8 Å². The maximum Gasteiger partial charge on any atom is 0.244 e. The number of hydrogen-bond donors (Lipinski definition) is 0. The van der Waals surface area contributed by atoms with E-state index >= 15 is 0 Å². The van der Waals surface area contributed by atoms with Crippen molar-refractivity contribution < 1.29 is 4.79 Å². The van der Waals surface area contributed by atoms with Crippen LogP contribution in [0.3, 0.4) is 0 Å². The van der Waals surface area contributed by atoms with Crippen molar-refractivity contribution in [3.8, 4) is 0 Å². The third-order valence-electron chi connectivity index (χ3n) is 4.95. The van der Waals surface area contributed by atoms with Crippen molar-refractivity contribution >= 4 is 11.7 Å². The minimum Gasteiger partial charge on any atom is -0.362 e. The van der Waals surface area contributed by atoms with Crippen molar-refractivity contribution in [2.45, 2.75) is 25.9 Å². The molecule has 0 spiro atoms. The smallest absolute Gasteiger partial charge is 0.244 e. The molecule has 0 bridgehead atoms. The molecule has 3 rings (SSSR count). The van der Waals surface area contributed by atoms with Gasteiger partial charge in [0.2, 0.25) is 5.91 Å². The highest BCUT2D eigenvalue weighted by molar-refractivity contribution is 5.84. The fraction of sp³-hybridized carbons (Fsp3) is 0.450. The second kappa shape index (κ2) is 7.41. The van der Waals surface area contributed by atoms with E-state index in [4.69, 9.17) is 0 Å². The minimum atomic E-state index is -0.284. The van der Waals surface area contributed by atoms with Crippen molar-refractivity contribution in [1.29, 1.82) is 0 Å². The van der Waals surface area contributed by atoms with E-state index in [2.05, 4.69) is 23.0 Å². The van der Waals surface area contributed by atoms with Gasteiger partial charge in [-0.1, -0.05) is 24.3 Å². The molecule has 2 aromatic rings. The van der Waals surface area contributed by atoms with Gasteiger partial charge in [-0.05, 0) is 38.6 Å². The molecule has 0 saturated heterocycles. The summed E-state index contributed by atoms with van der Waals surface area (Å²) in [5.41, 5.74) is 4.29. The van der Waals surface area contributed by atoms with Crippen LogP contribution in [0, 0.1) is 6.92 Å². The van der Waals surface area contributed by atoms with Gasteiger partial charge >= 0.3 is 0 Å². The predicted molar refractivity (Wildman–Crippen MR) is 103 cm³/mol. The molecule has 1 amide bonds.